The molecule has 2 aromatic rings. The van der Waals surface area contributed by atoms with Gasteiger partial charge < -0.3 is 9.52 Å². The average Bonchev–Trinajstić information content (AvgIpc) is 2.90. The standard InChI is InChI=1S/C12H9ClO3/c13-8-1-2-9-7(3-6-16-9)10(8)12(4-5-12)11(14)15/h1-3,6H,4-5H2,(H,14,15). The Balaban J connectivity index is 2.34. The van der Waals surface area contributed by atoms with E-state index in [2.05, 4.69) is 0 Å². The number of carbonyl (C=O) groups is 1. The molecule has 0 atom stereocenters. The number of hydrogen-bond donors (Lipinski definition) is 1. The van der Waals surface area contributed by atoms with E-state index in [0.29, 0.717) is 29.0 Å². The van der Waals surface area contributed by atoms with Crippen molar-refractivity contribution in [1.29, 1.82) is 0 Å². The molecule has 1 aromatic carbocycles. The Morgan fingerprint density at radius 1 is 1.38 bits per heavy atom. The fraction of sp³-hybridized carbons (Fsp3) is 0.250. The zero-order chi connectivity index (χ0) is 11.3. The topological polar surface area (TPSA) is 50.4 Å². The molecule has 1 aliphatic rings. The van der Waals surface area contributed by atoms with E-state index in [0.717, 1.165) is 5.39 Å². The van der Waals surface area contributed by atoms with E-state index in [9.17, 15) is 9.90 Å². The number of fused-ring (bicyclic) bond motifs is 1. The molecule has 1 saturated carbocycles. The molecule has 3 rings (SSSR count). The highest BCUT2D eigenvalue weighted by Gasteiger charge is 2.53. The summed E-state index contributed by atoms with van der Waals surface area (Å²) in [6.07, 6.45) is 2.85. The molecule has 4 heteroatoms. The van der Waals surface area contributed by atoms with Crippen molar-refractivity contribution in [2.45, 2.75) is 18.3 Å². The lowest BCUT2D eigenvalue weighted by atomic mass is 9.93. The van der Waals surface area contributed by atoms with Gasteiger partial charge in [-0.1, -0.05) is 11.6 Å². The second-order valence-corrected chi connectivity index (χ2v) is 4.55. The molecule has 0 unspecified atom stereocenters. The Hall–Kier alpha value is -1.48. The third-order valence-corrected chi connectivity index (χ3v) is 3.54. The van der Waals surface area contributed by atoms with Crippen LogP contribution in [0.4, 0.5) is 0 Å². The van der Waals surface area contributed by atoms with E-state index >= 15 is 0 Å². The first-order chi connectivity index (χ1) is 7.65. The van der Waals surface area contributed by atoms with E-state index in [4.69, 9.17) is 16.0 Å². The highest BCUT2D eigenvalue weighted by atomic mass is 35.5. The smallest absolute Gasteiger partial charge is 0.314 e. The molecule has 82 valence electrons. The van der Waals surface area contributed by atoms with Crippen molar-refractivity contribution in [3.8, 4) is 0 Å². The number of carboxylic acids is 1. The fourth-order valence-electron chi connectivity index (χ4n) is 2.20. The number of furan rings is 1. The van der Waals surface area contributed by atoms with Crippen LogP contribution in [-0.4, -0.2) is 11.1 Å². The molecule has 1 aromatic heterocycles. The lowest BCUT2D eigenvalue weighted by molar-refractivity contribution is -0.139. The Morgan fingerprint density at radius 3 is 2.75 bits per heavy atom. The molecule has 0 saturated heterocycles. The van der Waals surface area contributed by atoms with Crippen LogP contribution in [0, 0.1) is 0 Å². The van der Waals surface area contributed by atoms with Crippen molar-refractivity contribution < 1.29 is 14.3 Å². The van der Waals surface area contributed by atoms with Crippen LogP contribution >= 0.6 is 11.6 Å². The van der Waals surface area contributed by atoms with Gasteiger partial charge in [-0.3, -0.25) is 4.79 Å². The second kappa shape index (κ2) is 3.01. The van der Waals surface area contributed by atoms with E-state index in [1.807, 2.05) is 0 Å². The van der Waals surface area contributed by atoms with Gasteiger partial charge in [0.05, 0.1) is 11.7 Å². The van der Waals surface area contributed by atoms with Crippen molar-refractivity contribution in [3.05, 3.63) is 35.0 Å². The van der Waals surface area contributed by atoms with Crippen LogP contribution in [-0.2, 0) is 10.2 Å². The number of carboxylic acid groups (broad SMARTS) is 1. The summed E-state index contributed by atoms with van der Waals surface area (Å²) in [4.78, 5) is 11.3. The van der Waals surface area contributed by atoms with Crippen LogP contribution in [0.15, 0.2) is 28.9 Å². The molecule has 1 N–H and O–H groups in total. The monoisotopic (exact) mass is 236 g/mol. The number of hydrogen-bond acceptors (Lipinski definition) is 2. The Labute approximate surface area is 96.6 Å². The number of halogens is 1. The van der Waals surface area contributed by atoms with Crippen LogP contribution in [0.3, 0.4) is 0 Å². The molecular weight excluding hydrogens is 228 g/mol. The summed E-state index contributed by atoms with van der Waals surface area (Å²) >= 11 is 6.12. The minimum atomic E-state index is -0.803. The molecule has 16 heavy (non-hydrogen) atoms. The first-order valence-electron chi connectivity index (χ1n) is 5.05. The molecule has 0 radical (unpaired) electrons. The summed E-state index contributed by atoms with van der Waals surface area (Å²) in [5.74, 6) is -0.803. The number of aliphatic carboxylic acids is 1. The number of benzene rings is 1. The predicted octanol–water partition coefficient (Wildman–Crippen LogP) is 3.20. The third-order valence-electron chi connectivity index (χ3n) is 3.22. The van der Waals surface area contributed by atoms with Crippen molar-refractivity contribution in [1.82, 2.24) is 0 Å². The maximum atomic E-state index is 11.3. The average molecular weight is 237 g/mol. The summed E-state index contributed by atoms with van der Waals surface area (Å²) in [5.41, 5.74) is 0.598. The van der Waals surface area contributed by atoms with Crippen LogP contribution < -0.4 is 0 Å². The maximum absolute atomic E-state index is 11.3. The maximum Gasteiger partial charge on any atom is 0.314 e. The molecule has 0 amide bonds. The summed E-state index contributed by atoms with van der Waals surface area (Å²) in [6, 6.07) is 5.24. The minimum absolute atomic E-state index is 0.508. The van der Waals surface area contributed by atoms with Crippen molar-refractivity contribution >= 4 is 28.5 Å². The van der Waals surface area contributed by atoms with Gasteiger partial charge in [0.2, 0.25) is 0 Å². The highest BCUT2D eigenvalue weighted by Crippen LogP contribution is 2.53. The zero-order valence-corrected chi connectivity index (χ0v) is 9.12. The van der Waals surface area contributed by atoms with Gasteiger partial charge in [-0.25, -0.2) is 0 Å². The first kappa shape index (κ1) is 9.73. The van der Waals surface area contributed by atoms with Gasteiger partial charge in [0.25, 0.3) is 0 Å². The van der Waals surface area contributed by atoms with Gasteiger partial charge in [0.15, 0.2) is 0 Å². The zero-order valence-electron chi connectivity index (χ0n) is 8.37. The molecule has 1 fully saturated rings. The quantitative estimate of drug-likeness (QED) is 0.871. The summed E-state index contributed by atoms with van der Waals surface area (Å²) in [5, 5.41) is 10.6. The number of rotatable bonds is 2. The normalized spacial score (nSPS) is 17.6. The molecule has 1 aliphatic carbocycles. The first-order valence-corrected chi connectivity index (χ1v) is 5.42. The van der Waals surface area contributed by atoms with Crippen LogP contribution in [0.2, 0.25) is 5.02 Å². The fourth-order valence-corrected chi connectivity index (χ4v) is 2.55. The Kier molecular flexibility index (Phi) is 1.83. The molecule has 0 spiro atoms. The van der Waals surface area contributed by atoms with Crippen molar-refractivity contribution in [2.75, 3.05) is 0 Å². The molecule has 3 nitrogen and oxygen atoms in total. The van der Waals surface area contributed by atoms with Crippen LogP contribution in [0.25, 0.3) is 11.0 Å². The van der Waals surface area contributed by atoms with Gasteiger partial charge >= 0.3 is 5.97 Å². The molecule has 0 aliphatic heterocycles. The summed E-state index contributed by atoms with van der Waals surface area (Å²) < 4.78 is 5.26. The molecule has 0 bridgehead atoms. The van der Waals surface area contributed by atoms with Gasteiger partial charge in [-0.2, -0.15) is 0 Å². The van der Waals surface area contributed by atoms with Gasteiger partial charge in [0.1, 0.15) is 5.58 Å². The highest BCUT2D eigenvalue weighted by molar-refractivity contribution is 6.33. The predicted molar refractivity (Wildman–Crippen MR) is 59.8 cm³/mol. The lowest BCUT2D eigenvalue weighted by Crippen LogP contribution is -2.20. The minimum Gasteiger partial charge on any atom is -0.481 e. The molecular formula is C12H9ClO3. The van der Waals surface area contributed by atoms with Crippen LogP contribution in [0.1, 0.15) is 18.4 Å². The van der Waals surface area contributed by atoms with Gasteiger partial charge in [-0.15, -0.1) is 0 Å². The van der Waals surface area contributed by atoms with Crippen molar-refractivity contribution in [3.63, 3.8) is 0 Å². The van der Waals surface area contributed by atoms with E-state index < -0.39 is 11.4 Å². The van der Waals surface area contributed by atoms with E-state index in [1.165, 1.54) is 0 Å². The van der Waals surface area contributed by atoms with E-state index in [1.54, 1.807) is 24.5 Å². The SMILES string of the molecule is O=C(O)C1(c2c(Cl)ccc3occc23)CC1. The Morgan fingerprint density at radius 2 is 2.12 bits per heavy atom. The third kappa shape index (κ3) is 1.12. The largest absolute Gasteiger partial charge is 0.481 e. The van der Waals surface area contributed by atoms with Gasteiger partial charge in [0, 0.05) is 10.4 Å². The lowest BCUT2D eigenvalue weighted by Gasteiger charge is -2.13. The van der Waals surface area contributed by atoms with Crippen molar-refractivity contribution in [2.24, 2.45) is 0 Å². The summed E-state index contributed by atoms with van der Waals surface area (Å²) in [6.45, 7) is 0. The summed E-state index contributed by atoms with van der Waals surface area (Å²) in [7, 11) is 0. The Bertz CT molecular complexity index is 581. The van der Waals surface area contributed by atoms with E-state index in [-0.39, 0.29) is 0 Å². The van der Waals surface area contributed by atoms with Crippen LogP contribution in [0.5, 0.6) is 0 Å². The second-order valence-electron chi connectivity index (χ2n) is 4.14. The molecule has 1 heterocycles. The van der Waals surface area contributed by atoms with Gasteiger partial charge in [-0.05, 0) is 36.6 Å².